The first kappa shape index (κ1) is 20.9. The molecule has 0 heterocycles. The number of carbonyl (C=O) groups is 2. The van der Waals surface area contributed by atoms with Crippen LogP contribution in [-0.4, -0.2) is 26.0 Å². The molecule has 0 radical (unpaired) electrons. The van der Waals surface area contributed by atoms with Crippen molar-refractivity contribution in [1.29, 1.82) is 0 Å². The van der Waals surface area contributed by atoms with Crippen LogP contribution in [0.15, 0.2) is 72.8 Å². The van der Waals surface area contributed by atoms with Crippen molar-refractivity contribution in [3.05, 3.63) is 95.1 Å². The molecule has 0 spiro atoms. The minimum atomic E-state index is -0.442. The molecular weight excluding hydrogens is 380 g/mol. The van der Waals surface area contributed by atoms with E-state index in [2.05, 4.69) is 0 Å². The van der Waals surface area contributed by atoms with E-state index in [1.807, 2.05) is 25.1 Å². The number of hydrogen-bond donors (Lipinski definition) is 0. The molecule has 152 valence electrons. The van der Waals surface area contributed by atoms with E-state index < -0.39 is 5.97 Å². The van der Waals surface area contributed by atoms with Gasteiger partial charge in [0.15, 0.2) is 17.3 Å². The van der Waals surface area contributed by atoms with Gasteiger partial charge in [-0.1, -0.05) is 29.8 Å². The van der Waals surface area contributed by atoms with Crippen molar-refractivity contribution >= 4 is 17.8 Å². The highest BCUT2D eigenvalue weighted by Crippen LogP contribution is 2.28. The van der Waals surface area contributed by atoms with Crippen LogP contribution < -0.4 is 14.2 Å². The second kappa shape index (κ2) is 9.56. The van der Waals surface area contributed by atoms with Gasteiger partial charge >= 0.3 is 5.97 Å². The van der Waals surface area contributed by atoms with E-state index >= 15 is 0 Å². The number of ketones is 1. The number of hydrogen-bond acceptors (Lipinski definition) is 5. The lowest BCUT2D eigenvalue weighted by atomic mass is 10.1. The van der Waals surface area contributed by atoms with Gasteiger partial charge in [0.05, 0.1) is 19.8 Å². The zero-order valence-electron chi connectivity index (χ0n) is 17.0. The Balaban J connectivity index is 1.65. The standard InChI is InChI=1S/C25H22O5/c1-17-4-8-20(9-5-17)25(27)30-21-12-10-19(11-13-21)22(26)14-6-18-7-15-23(28-2)24(16-18)29-3/h4-16H,1-3H3/b14-6+. The molecule has 30 heavy (non-hydrogen) atoms. The minimum absolute atomic E-state index is 0.166. The lowest BCUT2D eigenvalue weighted by Crippen LogP contribution is -2.08. The van der Waals surface area contributed by atoms with Gasteiger partial charge in [0, 0.05) is 5.56 Å². The van der Waals surface area contributed by atoms with E-state index in [1.165, 1.54) is 6.08 Å². The maximum Gasteiger partial charge on any atom is 0.343 e. The average Bonchev–Trinajstić information content (AvgIpc) is 2.78. The number of ether oxygens (including phenoxy) is 3. The van der Waals surface area contributed by atoms with Crippen molar-refractivity contribution in [2.24, 2.45) is 0 Å². The van der Waals surface area contributed by atoms with Gasteiger partial charge in [-0.05, 0) is 67.1 Å². The topological polar surface area (TPSA) is 61.8 Å². The van der Waals surface area contributed by atoms with Crippen LogP contribution in [-0.2, 0) is 0 Å². The van der Waals surface area contributed by atoms with Gasteiger partial charge in [-0.3, -0.25) is 4.79 Å². The highest BCUT2D eigenvalue weighted by Gasteiger charge is 2.09. The van der Waals surface area contributed by atoms with Gasteiger partial charge < -0.3 is 14.2 Å². The van der Waals surface area contributed by atoms with Crippen molar-refractivity contribution in [3.63, 3.8) is 0 Å². The van der Waals surface area contributed by atoms with Crippen LogP contribution in [0.2, 0.25) is 0 Å². The Morgan fingerprint density at radius 1 is 0.767 bits per heavy atom. The molecule has 5 heteroatoms. The van der Waals surface area contributed by atoms with E-state index in [-0.39, 0.29) is 5.78 Å². The van der Waals surface area contributed by atoms with Crippen LogP contribution >= 0.6 is 0 Å². The summed E-state index contributed by atoms with van der Waals surface area (Å²) in [6.45, 7) is 1.95. The molecule has 0 aliphatic carbocycles. The predicted octanol–water partition coefficient (Wildman–Crippen LogP) is 5.13. The van der Waals surface area contributed by atoms with E-state index in [4.69, 9.17) is 14.2 Å². The fourth-order valence-corrected chi connectivity index (χ4v) is 2.77. The lowest BCUT2D eigenvalue weighted by Gasteiger charge is -2.07. The molecule has 3 aromatic rings. The van der Waals surface area contributed by atoms with Gasteiger partial charge in [0.1, 0.15) is 5.75 Å². The molecule has 0 aliphatic heterocycles. The molecule has 0 saturated heterocycles. The third-order valence-electron chi connectivity index (χ3n) is 4.47. The smallest absolute Gasteiger partial charge is 0.343 e. The fraction of sp³-hybridized carbons (Fsp3) is 0.120. The summed E-state index contributed by atoms with van der Waals surface area (Å²) in [7, 11) is 3.13. The normalized spacial score (nSPS) is 10.6. The second-order valence-corrected chi connectivity index (χ2v) is 6.59. The quantitative estimate of drug-likeness (QED) is 0.237. The van der Waals surface area contributed by atoms with Gasteiger partial charge in [0.2, 0.25) is 0 Å². The molecule has 0 unspecified atom stereocenters. The van der Waals surface area contributed by atoms with E-state index in [9.17, 15) is 9.59 Å². The molecule has 5 nitrogen and oxygen atoms in total. The summed E-state index contributed by atoms with van der Waals surface area (Å²) in [5.74, 6) is 0.980. The monoisotopic (exact) mass is 402 g/mol. The Hall–Kier alpha value is -3.86. The van der Waals surface area contributed by atoms with Gasteiger partial charge in [-0.15, -0.1) is 0 Å². The van der Waals surface area contributed by atoms with Gasteiger partial charge in [-0.2, -0.15) is 0 Å². The van der Waals surface area contributed by atoms with Crippen LogP contribution in [0.25, 0.3) is 6.08 Å². The van der Waals surface area contributed by atoms with E-state index in [1.54, 1.807) is 68.8 Å². The molecular formula is C25H22O5. The Morgan fingerprint density at radius 3 is 2.03 bits per heavy atom. The van der Waals surface area contributed by atoms with Crippen LogP contribution in [0.1, 0.15) is 31.8 Å². The molecule has 0 fully saturated rings. The summed E-state index contributed by atoms with van der Waals surface area (Å²) in [4.78, 5) is 24.6. The van der Waals surface area contributed by atoms with Crippen LogP contribution in [0.5, 0.6) is 17.2 Å². The Kier molecular flexibility index (Phi) is 6.65. The summed E-state index contributed by atoms with van der Waals surface area (Å²) in [6.07, 6.45) is 3.18. The zero-order valence-corrected chi connectivity index (χ0v) is 17.0. The zero-order chi connectivity index (χ0) is 21.5. The lowest BCUT2D eigenvalue weighted by molar-refractivity contribution is 0.0734. The molecule has 3 rings (SSSR count). The van der Waals surface area contributed by atoms with Gasteiger partial charge in [0.25, 0.3) is 0 Å². The molecule has 0 saturated carbocycles. The molecule has 0 atom stereocenters. The summed E-state index contributed by atoms with van der Waals surface area (Å²) in [5, 5.41) is 0. The highest BCUT2D eigenvalue weighted by molar-refractivity contribution is 6.07. The predicted molar refractivity (Wildman–Crippen MR) is 115 cm³/mol. The number of methoxy groups -OCH3 is 2. The number of esters is 1. The molecule has 0 amide bonds. The first-order valence-corrected chi connectivity index (χ1v) is 9.33. The Labute approximate surface area is 175 Å². The van der Waals surface area contributed by atoms with Crippen molar-refractivity contribution in [3.8, 4) is 17.2 Å². The number of aryl methyl sites for hydroxylation is 1. The fourth-order valence-electron chi connectivity index (χ4n) is 2.77. The van der Waals surface area contributed by atoms with Gasteiger partial charge in [-0.25, -0.2) is 4.79 Å². The molecule has 0 N–H and O–H groups in total. The van der Waals surface area contributed by atoms with Crippen molar-refractivity contribution in [2.75, 3.05) is 14.2 Å². The molecule has 0 bridgehead atoms. The molecule has 0 aliphatic rings. The summed E-state index contributed by atoms with van der Waals surface area (Å²) in [5.41, 5.74) is 2.83. The van der Waals surface area contributed by atoms with Crippen molar-refractivity contribution in [1.82, 2.24) is 0 Å². The Bertz CT molecular complexity index is 1060. The number of rotatable bonds is 7. The number of benzene rings is 3. The SMILES string of the molecule is COc1ccc(/C=C/C(=O)c2ccc(OC(=O)c3ccc(C)cc3)cc2)cc1OC. The van der Waals surface area contributed by atoms with Crippen molar-refractivity contribution < 1.29 is 23.8 Å². The Morgan fingerprint density at radius 2 is 1.40 bits per heavy atom. The molecule has 0 aromatic heterocycles. The summed E-state index contributed by atoms with van der Waals surface area (Å²) in [6, 6.07) is 19.0. The molecule has 3 aromatic carbocycles. The van der Waals surface area contributed by atoms with E-state index in [0.29, 0.717) is 28.4 Å². The average molecular weight is 402 g/mol. The third-order valence-corrected chi connectivity index (χ3v) is 4.47. The minimum Gasteiger partial charge on any atom is -0.493 e. The number of carbonyl (C=O) groups excluding carboxylic acids is 2. The van der Waals surface area contributed by atoms with Crippen LogP contribution in [0.3, 0.4) is 0 Å². The first-order valence-electron chi connectivity index (χ1n) is 9.33. The second-order valence-electron chi connectivity index (χ2n) is 6.59. The van der Waals surface area contributed by atoms with Crippen LogP contribution in [0.4, 0.5) is 0 Å². The summed E-state index contributed by atoms with van der Waals surface area (Å²) >= 11 is 0. The third kappa shape index (κ3) is 5.14. The summed E-state index contributed by atoms with van der Waals surface area (Å²) < 4.78 is 15.8. The highest BCUT2D eigenvalue weighted by atomic mass is 16.5. The maximum atomic E-state index is 12.4. The first-order chi connectivity index (χ1) is 14.5. The maximum absolute atomic E-state index is 12.4. The van der Waals surface area contributed by atoms with E-state index in [0.717, 1.165) is 11.1 Å². The van der Waals surface area contributed by atoms with Crippen molar-refractivity contribution in [2.45, 2.75) is 6.92 Å². The largest absolute Gasteiger partial charge is 0.493 e. The van der Waals surface area contributed by atoms with Crippen LogP contribution in [0, 0.1) is 6.92 Å². The number of allylic oxidation sites excluding steroid dienone is 1.